The zero-order chi connectivity index (χ0) is 16.8. The van der Waals surface area contributed by atoms with Crippen molar-refractivity contribution in [1.29, 1.82) is 0 Å². The van der Waals surface area contributed by atoms with Crippen LogP contribution < -0.4 is 0 Å². The summed E-state index contributed by atoms with van der Waals surface area (Å²) in [6.45, 7) is 3.95. The highest BCUT2D eigenvalue weighted by Crippen LogP contribution is 2.38. The third kappa shape index (κ3) is 3.08. The van der Waals surface area contributed by atoms with Crippen molar-refractivity contribution in [2.75, 3.05) is 6.26 Å². The first-order valence-electron chi connectivity index (χ1n) is 6.79. The van der Waals surface area contributed by atoms with Crippen LogP contribution in [0.3, 0.4) is 0 Å². The summed E-state index contributed by atoms with van der Waals surface area (Å²) in [6, 6.07) is 6.59. The third-order valence-electron chi connectivity index (χ3n) is 3.55. The van der Waals surface area contributed by atoms with E-state index < -0.39 is 15.6 Å². The number of carbonyl (C=O) groups is 1. The Bertz CT molecular complexity index is 1020. The summed E-state index contributed by atoms with van der Waals surface area (Å²) in [5.41, 5.74) is 2.08. The average molecular weight is 384 g/mol. The molecule has 2 aromatic heterocycles. The monoisotopic (exact) mass is 383 g/mol. The maximum atomic E-state index is 12.8. The molecule has 120 valence electrons. The molecule has 0 aliphatic rings. The van der Waals surface area contributed by atoms with Gasteiger partial charge < -0.3 is 0 Å². The number of amides is 1. The molecule has 2 heterocycles. The van der Waals surface area contributed by atoms with Crippen LogP contribution in [-0.2, 0) is 9.73 Å². The number of aryl methyl sites for hydroxylation is 2. The molecule has 0 saturated heterocycles. The van der Waals surface area contributed by atoms with Crippen molar-refractivity contribution >= 4 is 59.3 Å². The Balaban J connectivity index is 2.06. The second-order valence-corrected chi connectivity index (χ2v) is 10.1. The first kappa shape index (κ1) is 16.6. The van der Waals surface area contributed by atoms with Crippen molar-refractivity contribution in [2.24, 2.45) is 4.36 Å². The Morgan fingerprint density at radius 3 is 2.48 bits per heavy atom. The van der Waals surface area contributed by atoms with Crippen LogP contribution >= 0.6 is 34.3 Å². The lowest BCUT2D eigenvalue weighted by Crippen LogP contribution is -2.03. The second kappa shape index (κ2) is 6.02. The quantitative estimate of drug-likeness (QED) is 0.584. The predicted octanol–water partition coefficient (Wildman–Crippen LogP) is 5.53. The molecule has 0 spiro atoms. The maximum absolute atomic E-state index is 12.8. The summed E-state index contributed by atoms with van der Waals surface area (Å²) >= 11 is 8.88. The molecule has 7 heteroatoms. The number of benzene rings is 1. The lowest BCUT2D eigenvalue weighted by Gasteiger charge is -2.04. The normalized spacial score (nSPS) is 13.9. The predicted molar refractivity (Wildman–Crippen MR) is 99.7 cm³/mol. The number of nitrogens with zero attached hydrogens (tertiary/aromatic N) is 1. The van der Waals surface area contributed by atoms with E-state index in [1.165, 1.54) is 17.6 Å². The third-order valence-corrected chi connectivity index (χ3v) is 7.97. The van der Waals surface area contributed by atoms with Gasteiger partial charge in [0.05, 0.1) is 18.6 Å². The zero-order valence-electron chi connectivity index (χ0n) is 12.8. The van der Waals surface area contributed by atoms with Gasteiger partial charge in [0.25, 0.3) is 5.91 Å². The number of hydrogen-bond acceptors (Lipinski definition) is 4. The highest BCUT2D eigenvalue weighted by molar-refractivity contribution is 7.93. The lowest BCUT2D eigenvalue weighted by atomic mass is 10.1. The molecule has 3 nitrogen and oxygen atoms in total. The lowest BCUT2D eigenvalue weighted by molar-refractivity contribution is 0.101. The molecule has 0 unspecified atom stereocenters. The first-order valence-corrected chi connectivity index (χ1v) is 10.8. The van der Waals surface area contributed by atoms with Crippen LogP contribution in [-0.4, -0.2) is 16.4 Å². The van der Waals surface area contributed by atoms with Crippen LogP contribution in [0.25, 0.3) is 9.40 Å². The molecule has 3 rings (SSSR count). The summed E-state index contributed by atoms with van der Waals surface area (Å²) < 4.78 is 17.9. The average Bonchev–Trinajstić information content (AvgIpc) is 3.00. The van der Waals surface area contributed by atoms with E-state index in [9.17, 15) is 9.00 Å². The van der Waals surface area contributed by atoms with Crippen LogP contribution in [0.15, 0.2) is 38.9 Å². The van der Waals surface area contributed by atoms with Crippen molar-refractivity contribution in [3.63, 3.8) is 0 Å². The molecular formula is C16H14ClNO2S3. The first-order chi connectivity index (χ1) is 10.8. The van der Waals surface area contributed by atoms with Crippen molar-refractivity contribution < 1.29 is 9.00 Å². The Morgan fingerprint density at radius 2 is 1.87 bits per heavy atom. The number of rotatable bonds is 2. The van der Waals surface area contributed by atoms with E-state index >= 15 is 0 Å². The molecule has 0 bridgehead atoms. The number of halogens is 1. The largest absolute Gasteiger partial charge is 0.295 e. The van der Waals surface area contributed by atoms with Crippen molar-refractivity contribution in [3.05, 3.63) is 50.7 Å². The molecule has 1 amide bonds. The number of thiophene rings is 2. The van der Waals surface area contributed by atoms with Gasteiger partial charge in [-0.25, -0.2) is 4.21 Å². The smallest absolute Gasteiger partial charge is 0.265 e. The molecule has 1 atom stereocenters. The maximum Gasteiger partial charge on any atom is 0.295 e. The van der Waals surface area contributed by atoms with Crippen molar-refractivity contribution in [1.82, 2.24) is 0 Å². The Labute approximate surface area is 148 Å². The fraction of sp³-hybridized carbons (Fsp3) is 0.188. The van der Waals surface area contributed by atoms with Gasteiger partial charge in [0.2, 0.25) is 0 Å². The van der Waals surface area contributed by atoms with Gasteiger partial charge in [0.1, 0.15) is 0 Å². The van der Waals surface area contributed by atoms with E-state index in [0.717, 1.165) is 20.5 Å². The van der Waals surface area contributed by atoms with E-state index in [1.807, 2.05) is 13.8 Å². The van der Waals surface area contributed by atoms with Gasteiger partial charge in [0, 0.05) is 21.6 Å². The van der Waals surface area contributed by atoms with E-state index in [2.05, 4.69) is 9.74 Å². The minimum Gasteiger partial charge on any atom is -0.265 e. The van der Waals surface area contributed by atoms with Gasteiger partial charge in [-0.15, -0.1) is 22.7 Å². The summed E-state index contributed by atoms with van der Waals surface area (Å²) in [5.74, 6) is -0.419. The van der Waals surface area contributed by atoms with E-state index in [-0.39, 0.29) is 0 Å². The van der Waals surface area contributed by atoms with Crippen LogP contribution in [0, 0.1) is 13.8 Å². The highest BCUT2D eigenvalue weighted by atomic mass is 35.5. The van der Waals surface area contributed by atoms with Crippen molar-refractivity contribution in [2.45, 2.75) is 18.7 Å². The Kier molecular flexibility index (Phi) is 4.35. The number of carbonyl (C=O) groups excluding carboxylic acids is 1. The Morgan fingerprint density at radius 1 is 1.22 bits per heavy atom. The molecule has 3 aromatic rings. The Hall–Kier alpha value is -1.21. The molecule has 1 aromatic carbocycles. The number of fused-ring (bicyclic) bond motifs is 1. The molecule has 23 heavy (non-hydrogen) atoms. The highest BCUT2D eigenvalue weighted by Gasteiger charge is 2.19. The molecule has 0 saturated carbocycles. The SMILES string of the molecule is Cc1csc2sc(C(=O)N=[S@](C)(=O)c3ccc(Cl)cc3)c(C)c12. The van der Waals surface area contributed by atoms with E-state index in [4.69, 9.17) is 11.6 Å². The van der Waals surface area contributed by atoms with E-state index in [0.29, 0.717) is 14.8 Å². The topological polar surface area (TPSA) is 46.5 Å². The van der Waals surface area contributed by atoms with Gasteiger partial charge >= 0.3 is 0 Å². The van der Waals surface area contributed by atoms with Crippen LogP contribution in [0.5, 0.6) is 0 Å². The van der Waals surface area contributed by atoms with Crippen LogP contribution in [0.1, 0.15) is 20.8 Å². The van der Waals surface area contributed by atoms with Crippen LogP contribution in [0.4, 0.5) is 0 Å². The summed E-state index contributed by atoms with van der Waals surface area (Å²) in [4.78, 5) is 13.6. The fourth-order valence-corrected chi connectivity index (χ4v) is 6.12. The minimum absolute atomic E-state index is 0.419. The minimum atomic E-state index is -2.79. The van der Waals surface area contributed by atoms with Gasteiger partial charge in [0.15, 0.2) is 0 Å². The molecule has 0 aliphatic carbocycles. The van der Waals surface area contributed by atoms with Crippen molar-refractivity contribution in [3.8, 4) is 0 Å². The summed E-state index contributed by atoms with van der Waals surface area (Å²) in [7, 11) is -2.79. The second-order valence-electron chi connectivity index (χ2n) is 5.29. The molecule has 0 radical (unpaired) electrons. The van der Waals surface area contributed by atoms with E-state index in [1.54, 1.807) is 35.6 Å². The van der Waals surface area contributed by atoms with Gasteiger partial charge in [-0.1, -0.05) is 11.6 Å². The molecule has 0 fully saturated rings. The summed E-state index contributed by atoms with van der Waals surface area (Å²) in [6.07, 6.45) is 1.48. The standard InChI is InChI=1S/C16H14ClNO2S3/c1-9-8-21-16-13(9)10(2)14(22-16)15(19)18-23(3,20)12-6-4-11(17)5-7-12/h4-8H,1-3H3/t23-/m1/s1. The van der Waals surface area contributed by atoms with Gasteiger partial charge in [-0.2, -0.15) is 4.36 Å². The molecular weight excluding hydrogens is 370 g/mol. The van der Waals surface area contributed by atoms with Crippen LogP contribution in [0.2, 0.25) is 5.02 Å². The van der Waals surface area contributed by atoms with Gasteiger partial charge in [-0.05, 0) is 54.6 Å². The fourth-order valence-electron chi connectivity index (χ4n) is 2.37. The zero-order valence-corrected chi connectivity index (χ0v) is 16.0. The summed E-state index contributed by atoms with van der Waals surface area (Å²) in [5, 5.41) is 3.75. The number of hydrogen-bond donors (Lipinski definition) is 0. The molecule has 0 N–H and O–H groups in total. The van der Waals surface area contributed by atoms with Gasteiger partial charge in [-0.3, -0.25) is 4.79 Å². The molecule has 0 aliphatic heterocycles.